The Balaban J connectivity index is 2.27. The van der Waals surface area contributed by atoms with Gasteiger partial charge in [-0.25, -0.2) is 9.37 Å². The number of β-amino-alcohol motifs (C(OH)–C–C–N with tert-alkyl or cyclic N) is 2. The van der Waals surface area contributed by atoms with Crippen molar-refractivity contribution in [2.75, 3.05) is 18.0 Å². The zero-order valence-electron chi connectivity index (χ0n) is 7.64. The first-order valence-electron chi connectivity index (χ1n) is 4.37. The topological polar surface area (TPSA) is 69.5 Å². The summed E-state index contributed by atoms with van der Waals surface area (Å²) < 4.78 is 13.3. The summed E-state index contributed by atoms with van der Waals surface area (Å²) in [5.74, 6) is -0.619. The number of anilines is 1. The Bertz CT molecular complexity index is 369. The fourth-order valence-electron chi connectivity index (χ4n) is 1.50. The lowest BCUT2D eigenvalue weighted by atomic mass is 10.3. The fraction of sp³-hybridized carbons (Fsp3) is 0.500. The van der Waals surface area contributed by atoms with Crippen molar-refractivity contribution in [1.29, 1.82) is 0 Å². The number of aromatic nitrogens is 2. The number of nitrogens with zero attached hydrogens (tertiary/aromatic N) is 3. The van der Waals surface area contributed by atoms with Crippen LogP contribution in [0, 0.1) is 5.82 Å². The van der Waals surface area contributed by atoms with Gasteiger partial charge in [0, 0.05) is 13.1 Å². The van der Waals surface area contributed by atoms with E-state index in [2.05, 4.69) is 9.97 Å². The van der Waals surface area contributed by atoms with E-state index >= 15 is 0 Å². The highest BCUT2D eigenvalue weighted by Crippen LogP contribution is 2.22. The van der Waals surface area contributed by atoms with E-state index < -0.39 is 18.0 Å². The molecule has 0 spiro atoms. The zero-order chi connectivity index (χ0) is 11.0. The van der Waals surface area contributed by atoms with E-state index in [-0.39, 0.29) is 24.2 Å². The van der Waals surface area contributed by atoms with Crippen molar-refractivity contribution >= 4 is 17.4 Å². The molecule has 7 heteroatoms. The summed E-state index contributed by atoms with van der Waals surface area (Å²) >= 11 is 5.53. The van der Waals surface area contributed by atoms with Gasteiger partial charge in [-0.15, -0.1) is 0 Å². The van der Waals surface area contributed by atoms with Crippen LogP contribution < -0.4 is 4.90 Å². The number of rotatable bonds is 1. The van der Waals surface area contributed by atoms with Gasteiger partial charge in [-0.2, -0.15) is 4.98 Å². The Morgan fingerprint density at radius 3 is 2.60 bits per heavy atom. The van der Waals surface area contributed by atoms with E-state index in [1.54, 1.807) is 0 Å². The van der Waals surface area contributed by atoms with Crippen molar-refractivity contribution in [2.24, 2.45) is 0 Å². The van der Waals surface area contributed by atoms with Crippen molar-refractivity contribution in [2.45, 2.75) is 12.2 Å². The van der Waals surface area contributed by atoms with Gasteiger partial charge in [0.2, 0.25) is 5.28 Å². The molecule has 1 aromatic rings. The molecule has 0 saturated carbocycles. The molecule has 2 rings (SSSR count). The Kier molecular flexibility index (Phi) is 2.72. The highest BCUT2D eigenvalue weighted by atomic mass is 35.5. The Hall–Kier alpha value is -0.980. The molecular formula is C8H9ClFN3O2. The Morgan fingerprint density at radius 2 is 2.00 bits per heavy atom. The molecule has 0 amide bonds. The molecule has 82 valence electrons. The van der Waals surface area contributed by atoms with Crippen molar-refractivity contribution in [3.8, 4) is 0 Å². The predicted molar refractivity (Wildman–Crippen MR) is 51.2 cm³/mol. The van der Waals surface area contributed by atoms with Crippen molar-refractivity contribution in [3.63, 3.8) is 0 Å². The van der Waals surface area contributed by atoms with Gasteiger partial charge in [0.1, 0.15) is 0 Å². The molecule has 0 radical (unpaired) electrons. The summed E-state index contributed by atoms with van der Waals surface area (Å²) in [4.78, 5) is 8.61. The van der Waals surface area contributed by atoms with E-state index in [0.29, 0.717) is 0 Å². The van der Waals surface area contributed by atoms with Gasteiger partial charge < -0.3 is 15.1 Å². The van der Waals surface area contributed by atoms with Crippen molar-refractivity contribution < 1.29 is 14.6 Å². The van der Waals surface area contributed by atoms with E-state index in [9.17, 15) is 14.6 Å². The molecule has 2 atom stereocenters. The van der Waals surface area contributed by atoms with Crippen LogP contribution in [0.2, 0.25) is 5.28 Å². The monoisotopic (exact) mass is 233 g/mol. The van der Waals surface area contributed by atoms with Crippen molar-refractivity contribution in [1.82, 2.24) is 9.97 Å². The fourth-order valence-corrected chi connectivity index (χ4v) is 1.63. The Morgan fingerprint density at radius 1 is 1.40 bits per heavy atom. The first-order valence-corrected chi connectivity index (χ1v) is 4.75. The molecule has 1 aliphatic rings. The van der Waals surface area contributed by atoms with Crippen LogP contribution in [0.3, 0.4) is 0 Å². The highest BCUT2D eigenvalue weighted by Gasteiger charge is 2.31. The number of aliphatic hydroxyl groups is 2. The third-order valence-corrected chi connectivity index (χ3v) is 2.44. The van der Waals surface area contributed by atoms with E-state index in [4.69, 9.17) is 11.6 Å². The van der Waals surface area contributed by atoms with Crippen molar-refractivity contribution in [3.05, 3.63) is 17.3 Å². The third kappa shape index (κ3) is 2.01. The molecule has 1 aromatic heterocycles. The average Bonchev–Trinajstić information content (AvgIpc) is 2.51. The molecule has 0 aromatic carbocycles. The molecule has 0 aliphatic carbocycles. The second kappa shape index (κ2) is 3.88. The van der Waals surface area contributed by atoms with Crippen LogP contribution in [0.5, 0.6) is 0 Å². The zero-order valence-corrected chi connectivity index (χ0v) is 8.39. The maximum Gasteiger partial charge on any atom is 0.224 e. The summed E-state index contributed by atoms with van der Waals surface area (Å²) in [6.07, 6.45) is -0.821. The first kappa shape index (κ1) is 10.5. The highest BCUT2D eigenvalue weighted by molar-refractivity contribution is 6.28. The molecular weight excluding hydrogens is 225 g/mol. The lowest BCUT2D eigenvalue weighted by Gasteiger charge is -2.16. The van der Waals surface area contributed by atoms with Gasteiger partial charge in [-0.3, -0.25) is 0 Å². The molecule has 0 bridgehead atoms. The van der Waals surface area contributed by atoms with Crippen LogP contribution in [-0.4, -0.2) is 45.5 Å². The summed E-state index contributed by atoms with van der Waals surface area (Å²) in [5, 5.41) is 18.5. The minimum absolute atomic E-state index is 0.00519. The number of hydrogen-bond acceptors (Lipinski definition) is 5. The van der Waals surface area contributed by atoms with E-state index in [0.717, 1.165) is 6.20 Å². The standard InChI is InChI=1S/C8H9ClFN3O2/c9-8-11-1-4(10)7(12-8)13-2-5(14)6(15)3-13/h1,5-6,14-15H,2-3H2. The Labute approximate surface area is 90.1 Å². The van der Waals surface area contributed by atoms with Crippen LogP contribution in [0.4, 0.5) is 10.2 Å². The van der Waals surface area contributed by atoms with Crippen LogP contribution in [0.1, 0.15) is 0 Å². The molecule has 1 saturated heterocycles. The molecule has 15 heavy (non-hydrogen) atoms. The first-order chi connectivity index (χ1) is 7.08. The van der Waals surface area contributed by atoms with E-state index in [1.807, 2.05) is 0 Å². The van der Waals surface area contributed by atoms with Gasteiger partial charge in [-0.1, -0.05) is 0 Å². The maximum atomic E-state index is 13.3. The maximum absolute atomic E-state index is 13.3. The SMILES string of the molecule is OC1CN(c2nc(Cl)ncc2F)CC1O. The molecule has 2 N–H and O–H groups in total. The molecule has 1 aliphatic heterocycles. The smallest absolute Gasteiger partial charge is 0.224 e. The quantitative estimate of drug-likeness (QED) is 0.658. The number of halogens is 2. The van der Waals surface area contributed by atoms with Crippen LogP contribution >= 0.6 is 11.6 Å². The van der Waals surface area contributed by atoms with Gasteiger partial charge in [-0.05, 0) is 11.6 Å². The minimum Gasteiger partial charge on any atom is -0.389 e. The summed E-state index contributed by atoms with van der Waals surface area (Å²) in [6.45, 7) is 0.261. The minimum atomic E-state index is -0.891. The van der Waals surface area contributed by atoms with Gasteiger partial charge >= 0.3 is 0 Å². The van der Waals surface area contributed by atoms with E-state index in [1.165, 1.54) is 4.90 Å². The lowest BCUT2D eigenvalue weighted by molar-refractivity contribution is 0.0572. The largest absolute Gasteiger partial charge is 0.389 e. The summed E-state index contributed by atoms with van der Waals surface area (Å²) in [5.41, 5.74) is 0. The van der Waals surface area contributed by atoms with Gasteiger partial charge in [0.05, 0.1) is 18.4 Å². The molecule has 5 nitrogen and oxygen atoms in total. The summed E-state index contributed by atoms with van der Waals surface area (Å²) in [7, 11) is 0. The normalized spacial score (nSPS) is 26.0. The average molecular weight is 234 g/mol. The van der Waals surface area contributed by atoms with Crippen LogP contribution in [0.15, 0.2) is 6.20 Å². The molecule has 2 unspecified atom stereocenters. The third-order valence-electron chi connectivity index (χ3n) is 2.25. The molecule has 2 heterocycles. The lowest BCUT2D eigenvalue weighted by Crippen LogP contribution is -2.23. The number of aliphatic hydroxyl groups excluding tert-OH is 2. The van der Waals surface area contributed by atoms with Gasteiger partial charge in [0.25, 0.3) is 0 Å². The van der Waals surface area contributed by atoms with Crippen LogP contribution in [0.25, 0.3) is 0 Å². The number of hydrogen-bond donors (Lipinski definition) is 2. The second-order valence-electron chi connectivity index (χ2n) is 3.35. The predicted octanol–water partition coefficient (Wildman–Crippen LogP) is -0.189. The van der Waals surface area contributed by atoms with Crippen LogP contribution in [-0.2, 0) is 0 Å². The molecule has 1 fully saturated rings. The second-order valence-corrected chi connectivity index (χ2v) is 3.69. The summed E-state index contributed by atoms with van der Waals surface area (Å²) in [6, 6.07) is 0. The van der Waals surface area contributed by atoms with Gasteiger partial charge in [0.15, 0.2) is 11.6 Å².